The fraction of sp³-hybridized carbons (Fsp3) is 0.0556. The maximum absolute atomic E-state index is 12.6. The van der Waals surface area contributed by atoms with Crippen molar-refractivity contribution < 1.29 is 4.92 Å². The number of tetrazole rings is 1. The van der Waals surface area contributed by atoms with Crippen LogP contribution in [0.2, 0.25) is 0 Å². The summed E-state index contributed by atoms with van der Waals surface area (Å²) < 4.78 is 2.29. The molecule has 1 atom stereocenters. The first kappa shape index (κ1) is 18.1. The first-order chi connectivity index (χ1) is 14.5. The molecule has 0 spiro atoms. The Kier molecular flexibility index (Phi) is 4.13. The number of halogens is 1. The molecule has 0 saturated carbocycles. The molecule has 1 unspecified atom stereocenters. The quantitative estimate of drug-likeness (QED) is 0.305. The molecule has 148 valence electrons. The molecule has 2 aromatic heterocycles. The average molecular weight is 467 g/mol. The summed E-state index contributed by atoms with van der Waals surface area (Å²) in [4.78, 5) is 23.9. The minimum atomic E-state index is -0.832. The number of hydrogen-bond donors (Lipinski definition) is 2. The van der Waals surface area contributed by atoms with E-state index >= 15 is 0 Å². The molecule has 2 N–H and O–H groups in total. The maximum Gasteiger partial charge on any atom is 0.288 e. The van der Waals surface area contributed by atoms with Gasteiger partial charge in [-0.2, -0.15) is 9.78 Å². The van der Waals surface area contributed by atoms with Crippen molar-refractivity contribution in [2.45, 2.75) is 6.04 Å². The Morgan fingerprint density at radius 2 is 1.90 bits per heavy atom. The summed E-state index contributed by atoms with van der Waals surface area (Å²) in [6.07, 6.45) is 0. The Bertz CT molecular complexity index is 1350. The van der Waals surface area contributed by atoms with Crippen LogP contribution in [-0.4, -0.2) is 35.3 Å². The Labute approximate surface area is 176 Å². The summed E-state index contributed by atoms with van der Waals surface area (Å²) in [5.41, 5.74) is 1.54. The van der Waals surface area contributed by atoms with Crippen molar-refractivity contribution in [1.29, 1.82) is 0 Å². The summed E-state index contributed by atoms with van der Waals surface area (Å²) in [5.74, 6) is 0.198. The molecular weight excluding hydrogens is 456 g/mol. The van der Waals surface area contributed by atoms with E-state index in [0.717, 1.165) is 4.47 Å². The van der Waals surface area contributed by atoms with Gasteiger partial charge in [-0.25, -0.2) is 5.10 Å². The molecule has 0 fully saturated rings. The number of nitro benzene ring substituents is 1. The molecule has 1 aliphatic rings. The van der Waals surface area contributed by atoms with E-state index in [1.54, 1.807) is 18.2 Å². The van der Waals surface area contributed by atoms with Gasteiger partial charge >= 0.3 is 0 Å². The number of benzene rings is 2. The second kappa shape index (κ2) is 6.84. The highest BCUT2D eigenvalue weighted by Gasteiger charge is 2.37. The molecule has 1 aliphatic heterocycles. The zero-order valence-electron chi connectivity index (χ0n) is 15.0. The predicted molar refractivity (Wildman–Crippen MR) is 109 cm³/mol. The number of rotatable bonds is 3. The zero-order valence-corrected chi connectivity index (χ0v) is 16.6. The number of fused-ring (bicyclic) bond motifs is 2. The molecule has 30 heavy (non-hydrogen) atoms. The van der Waals surface area contributed by atoms with Crippen molar-refractivity contribution in [2.24, 2.45) is 0 Å². The van der Waals surface area contributed by atoms with Crippen molar-refractivity contribution in [2.75, 3.05) is 5.32 Å². The van der Waals surface area contributed by atoms with E-state index < -0.39 is 16.5 Å². The lowest BCUT2D eigenvalue weighted by atomic mass is 9.91. The number of nitrogens with one attached hydrogen (secondary N) is 2. The molecule has 0 bridgehead atoms. The minimum Gasteiger partial charge on any atom is -0.318 e. The van der Waals surface area contributed by atoms with Crippen LogP contribution in [0.4, 0.5) is 17.3 Å². The van der Waals surface area contributed by atoms with Crippen LogP contribution in [0.1, 0.15) is 17.2 Å². The van der Waals surface area contributed by atoms with Gasteiger partial charge in [0, 0.05) is 21.7 Å². The number of H-pyrrole nitrogens is 1. The fourth-order valence-corrected chi connectivity index (χ4v) is 3.80. The summed E-state index contributed by atoms with van der Waals surface area (Å²) >= 11 is 3.40. The lowest BCUT2D eigenvalue weighted by molar-refractivity contribution is -0.385. The highest BCUT2D eigenvalue weighted by atomic mass is 79.9. The summed E-state index contributed by atoms with van der Waals surface area (Å²) in [6.45, 7) is 0. The van der Waals surface area contributed by atoms with Gasteiger partial charge < -0.3 is 5.32 Å². The minimum absolute atomic E-state index is 0.112. The third-order valence-electron chi connectivity index (χ3n) is 4.81. The van der Waals surface area contributed by atoms with E-state index in [4.69, 9.17) is 0 Å². The zero-order chi connectivity index (χ0) is 20.8. The van der Waals surface area contributed by atoms with Gasteiger partial charge in [-0.1, -0.05) is 45.3 Å². The third kappa shape index (κ3) is 2.76. The van der Waals surface area contributed by atoms with Gasteiger partial charge in [0.1, 0.15) is 11.7 Å². The van der Waals surface area contributed by atoms with Crippen LogP contribution in [0.5, 0.6) is 0 Å². The monoisotopic (exact) mass is 466 g/mol. The predicted octanol–water partition coefficient (Wildman–Crippen LogP) is 2.79. The SMILES string of the molecule is O=c1[nH]nc(-c2ccc(Br)cc2)c2c1Nc1nnnn1C2c1ccccc1[N+](=O)[O-]. The molecule has 3 heterocycles. The standard InChI is InChI=1S/C18H11BrN8O3/c19-10-7-5-9(6-8-10)14-13-15(17(28)22-21-14)20-18-23-24-25-26(18)16(13)11-3-1-2-4-12(11)27(29)30/h1-8,16H,(H,22,28)(H,20,23,25). The molecule has 5 rings (SSSR count). The second-order valence-electron chi connectivity index (χ2n) is 6.49. The van der Waals surface area contributed by atoms with Crippen molar-refractivity contribution in [1.82, 2.24) is 30.4 Å². The fourth-order valence-electron chi connectivity index (χ4n) is 3.54. The lowest BCUT2D eigenvalue weighted by Gasteiger charge is -2.27. The second-order valence-corrected chi connectivity index (χ2v) is 7.40. The van der Waals surface area contributed by atoms with Crippen LogP contribution in [0.15, 0.2) is 57.8 Å². The largest absolute Gasteiger partial charge is 0.318 e. The van der Waals surface area contributed by atoms with Gasteiger partial charge in [-0.15, -0.1) is 0 Å². The molecular formula is C18H11BrN8O3. The number of nitrogens with zero attached hydrogens (tertiary/aromatic N) is 6. The number of aromatic amines is 1. The Morgan fingerprint density at radius 1 is 1.13 bits per heavy atom. The molecule has 0 amide bonds. The normalized spacial score (nSPS) is 14.5. The van der Waals surface area contributed by atoms with Gasteiger partial charge in [0.2, 0.25) is 5.95 Å². The molecule has 2 aromatic carbocycles. The topological polar surface area (TPSA) is 145 Å². The smallest absolute Gasteiger partial charge is 0.288 e. The number of anilines is 2. The third-order valence-corrected chi connectivity index (χ3v) is 5.34. The molecule has 12 heteroatoms. The van der Waals surface area contributed by atoms with Crippen LogP contribution in [0.25, 0.3) is 11.3 Å². The van der Waals surface area contributed by atoms with Crippen molar-refractivity contribution in [3.05, 3.63) is 84.6 Å². The van der Waals surface area contributed by atoms with E-state index in [2.05, 4.69) is 47.0 Å². The number of para-hydroxylation sites is 1. The van der Waals surface area contributed by atoms with Crippen LogP contribution in [-0.2, 0) is 0 Å². The Morgan fingerprint density at radius 3 is 2.67 bits per heavy atom. The molecule has 4 aromatic rings. The summed E-state index contributed by atoms with van der Waals surface area (Å²) in [6, 6.07) is 12.8. The van der Waals surface area contributed by atoms with Gasteiger partial charge in [-0.3, -0.25) is 14.9 Å². The van der Waals surface area contributed by atoms with Crippen LogP contribution in [0, 0.1) is 10.1 Å². The Balaban J connectivity index is 1.85. The molecule has 0 saturated heterocycles. The van der Waals surface area contributed by atoms with E-state index in [1.165, 1.54) is 10.7 Å². The summed E-state index contributed by atoms with van der Waals surface area (Å²) in [5, 5.41) is 33.0. The highest BCUT2D eigenvalue weighted by Crippen LogP contribution is 2.43. The van der Waals surface area contributed by atoms with Crippen LogP contribution < -0.4 is 10.9 Å². The van der Waals surface area contributed by atoms with Crippen molar-refractivity contribution in [3.63, 3.8) is 0 Å². The van der Waals surface area contributed by atoms with Gasteiger partial charge in [0.15, 0.2) is 0 Å². The van der Waals surface area contributed by atoms with E-state index in [1.807, 2.05) is 24.3 Å². The average Bonchev–Trinajstić information content (AvgIpc) is 3.22. The Hall–Kier alpha value is -3.93. The van der Waals surface area contributed by atoms with E-state index in [-0.39, 0.29) is 17.3 Å². The number of hydrogen-bond acceptors (Lipinski definition) is 8. The number of nitro groups is 1. The van der Waals surface area contributed by atoms with E-state index in [0.29, 0.717) is 22.4 Å². The first-order valence-electron chi connectivity index (χ1n) is 8.71. The molecule has 0 radical (unpaired) electrons. The first-order valence-corrected chi connectivity index (χ1v) is 9.50. The summed E-state index contributed by atoms with van der Waals surface area (Å²) in [7, 11) is 0. The lowest BCUT2D eigenvalue weighted by Crippen LogP contribution is -2.29. The molecule has 0 aliphatic carbocycles. The molecule has 11 nitrogen and oxygen atoms in total. The van der Waals surface area contributed by atoms with Crippen LogP contribution >= 0.6 is 15.9 Å². The van der Waals surface area contributed by atoms with Gasteiger partial charge in [-0.05, 0) is 28.6 Å². The van der Waals surface area contributed by atoms with Crippen molar-refractivity contribution >= 4 is 33.3 Å². The van der Waals surface area contributed by atoms with E-state index in [9.17, 15) is 14.9 Å². The number of aromatic nitrogens is 6. The van der Waals surface area contributed by atoms with Gasteiger partial charge in [0.25, 0.3) is 11.2 Å². The highest BCUT2D eigenvalue weighted by molar-refractivity contribution is 9.10. The van der Waals surface area contributed by atoms with Crippen molar-refractivity contribution in [3.8, 4) is 11.3 Å². The maximum atomic E-state index is 12.6. The van der Waals surface area contributed by atoms with Gasteiger partial charge in [0.05, 0.1) is 16.2 Å². The van der Waals surface area contributed by atoms with Crippen LogP contribution in [0.3, 0.4) is 0 Å².